The van der Waals surface area contributed by atoms with Gasteiger partial charge in [0.15, 0.2) is 11.7 Å². The normalized spacial score (nSPS) is 12.2. The van der Waals surface area contributed by atoms with Crippen LogP contribution in [0, 0.1) is 11.3 Å². The average molecular weight is 389 g/mol. The molecule has 0 saturated heterocycles. The number of aromatic nitrogens is 3. The Labute approximate surface area is 145 Å². The van der Waals surface area contributed by atoms with E-state index in [1.54, 1.807) is 35.3 Å². The molecule has 0 fully saturated rings. The molecule has 0 radical (unpaired) electrons. The van der Waals surface area contributed by atoms with Crippen LogP contribution in [0.5, 0.6) is 0 Å². The molecular formula is C16H13BrN4OS. The lowest BCUT2D eigenvalue weighted by Gasteiger charge is -2.07. The van der Waals surface area contributed by atoms with Gasteiger partial charge in [-0.3, -0.25) is 4.79 Å². The van der Waals surface area contributed by atoms with Crippen LogP contribution in [0.4, 0.5) is 0 Å². The van der Waals surface area contributed by atoms with E-state index in [-0.39, 0.29) is 12.2 Å². The number of ketones is 1. The van der Waals surface area contributed by atoms with Crippen molar-refractivity contribution in [3.63, 3.8) is 0 Å². The zero-order chi connectivity index (χ0) is 16.4. The van der Waals surface area contributed by atoms with Crippen molar-refractivity contribution in [3.05, 3.63) is 45.9 Å². The predicted molar refractivity (Wildman–Crippen MR) is 92.2 cm³/mol. The number of aryl methyl sites for hydroxylation is 2. The lowest BCUT2D eigenvalue weighted by atomic mass is 10.0. The highest BCUT2D eigenvalue weighted by molar-refractivity contribution is 9.10. The summed E-state index contributed by atoms with van der Waals surface area (Å²) in [5.41, 5.74) is 0.924. The van der Waals surface area contributed by atoms with Crippen molar-refractivity contribution < 1.29 is 4.79 Å². The number of halogens is 1. The van der Waals surface area contributed by atoms with Gasteiger partial charge in [0.2, 0.25) is 0 Å². The molecule has 3 rings (SSSR count). The van der Waals surface area contributed by atoms with Crippen molar-refractivity contribution in [2.45, 2.75) is 18.8 Å². The van der Waals surface area contributed by atoms with Crippen LogP contribution in [0.3, 0.4) is 0 Å². The van der Waals surface area contributed by atoms with Crippen molar-refractivity contribution in [2.75, 3.05) is 0 Å². The monoisotopic (exact) mass is 388 g/mol. The molecule has 0 N–H and O–H groups in total. The SMILES string of the molecule is Cn1ccnc1C(C#N)C(=O)CCc1nc2cc(Br)ccc2s1. The third kappa shape index (κ3) is 3.33. The summed E-state index contributed by atoms with van der Waals surface area (Å²) in [5.74, 6) is -0.452. The second-order valence-corrected chi connectivity index (χ2v) is 7.18. The highest BCUT2D eigenvalue weighted by Gasteiger charge is 2.23. The fourth-order valence-corrected chi connectivity index (χ4v) is 3.65. The van der Waals surface area contributed by atoms with E-state index in [1.165, 1.54) is 0 Å². The molecule has 3 aromatic rings. The van der Waals surface area contributed by atoms with Gasteiger partial charge in [-0.1, -0.05) is 15.9 Å². The summed E-state index contributed by atoms with van der Waals surface area (Å²) in [5, 5.41) is 10.2. The Kier molecular flexibility index (Phi) is 4.55. The minimum absolute atomic E-state index is 0.123. The molecule has 0 aliphatic carbocycles. The maximum absolute atomic E-state index is 12.4. The number of hydrogen-bond donors (Lipinski definition) is 0. The number of carbonyl (C=O) groups excluding carboxylic acids is 1. The van der Waals surface area contributed by atoms with E-state index in [1.807, 2.05) is 18.2 Å². The highest BCUT2D eigenvalue weighted by atomic mass is 79.9. The smallest absolute Gasteiger partial charge is 0.162 e. The number of benzene rings is 1. The Bertz CT molecular complexity index is 908. The summed E-state index contributed by atoms with van der Waals surface area (Å²) >= 11 is 5.01. The summed E-state index contributed by atoms with van der Waals surface area (Å²) < 4.78 is 3.79. The number of hydrogen-bond acceptors (Lipinski definition) is 5. The summed E-state index contributed by atoms with van der Waals surface area (Å²) in [6.07, 6.45) is 4.15. The van der Waals surface area contributed by atoms with Crippen LogP contribution in [0.15, 0.2) is 35.1 Å². The van der Waals surface area contributed by atoms with Gasteiger partial charge >= 0.3 is 0 Å². The van der Waals surface area contributed by atoms with Crippen LogP contribution in [0.25, 0.3) is 10.2 Å². The number of Topliss-reactive ketones (excluding diaryl/α,β-unsaturated/α-hetero) is 1. The van der Waals surface area contributed by atoms with Crippen molar-refractivity contribution in [1.29, 1.82) is 5.26 Å². The van der Waals surface area contributed by atoms with E-state index in [0.717, 1.165) is 19.7 Å². The van der Waals surface area contributed by atoms with Gasteiger partial charge in [-0.25, -0.2) is 9.97 Å². The molecule has 0 saturated carbocycles. The Morgan fingerprint density at radius 2 is 2.35 bits per heavy atom. The predicted octanol–water partition coefficient (Wildman–Crippen LogP) is 3.60. The highest BCUT2D eigenvalue weighted by Crippen LogP contribution is 2.26. The number of nitrogens with zero attached hydrogens (tertiary/aromatic N) is 4. The summed E-state index contributed by atoms with van der Waals surface area (Å²) in [4.78, 5) is 21.0. The standard InChI is InChI=1S/C16H13BrN4OS/c1-21-7-6-19-16(21)11(9-18)13(22)3-5-15-20-12-8-10(17)2-4-14(12)23-15/h2,4,6-8,11H,3,5H2,1H3. The Balaban J connectivity index is 1.72. The van der Waals surface area contributed by atoms with E-state index in [4.69, 9.17) is 0 Å². The summed E-state index contributed by atoms with van der Waals surface area (Å²) in [7, 11) is 1.78. The van der Waals surface area contributed by atoms with Gasteiger partial charge in [0.25, 0.3) is 0 Å². The Morgan fingerprint density at radius 1 is 1.52 bits per heavy atom. The summed E-state index contributed by atoms with van der Waals surface area (Å²) in [6.45, 7) is 0. The van der Waals surface area contributed by atoms with Crippen LogP contribution in [0.1, 0.15) is 23.2 Å². The van der Waals surface area contributed by atoms with Crippen molar-refractivity contribution >= 4 is 43.3 Å². The van der Waals surface area contributed by atoms with Crippen LogP contribution in [0.2, 0.25) is 0 Å². The first-order valence-corrected chi connectivity index (χ1v) is 8.64. The number of rotatable bonds is 5. The molecule has 1 atom stereocenters. The molecule has 1 aromatic carbocycles. The number of thiazole rings is 1. The Hall–Kier alpha value is -2.04. The van der Waals surface area contributed by atoms with Crippen molar-refractivity contribution in [1.82, 2.24) is 14.5 Å². The first-order chi connectivity index (χ1) is 11.1. The maximum atomic E-state index is 12.4. The fourth-order valence-electron chi connectivity index (χ4n) is 2.36. The van der Waals surface area contributed by atoms with Crippen LogP contribution in [-0.4, -0.2) is 20.3 Å². The molecule has 5 nitrogen and oxygen atoms in total. The number of nitriles is 1. The zero-order valence-corrected chi connectivity index (χ0v) is 14.8. The summed E-state index contributed by atoms with van der Waals surface area (Å²) in [6, 6.07) is 8.00. The molecule has 0 aliphatic heterocycles. The molecule has 2 aromatic heterocycles. The van der Waals surface area contributed by atoms with Gasteiger partial charge in [0.1, 0.15) is 5.82 Å². The van der Waals surface area contributed by atoms with Gasteiger partial charge in [0, 0.05) is 36.8 Å². The van der Waals surface area contributed by atoms with Gasteiger partial charge in [-0.2, -0.15) is 5.26 Å². The minimum atomic E-state index is -0.821. The molecule has 2 heterocycles. The molecule has 0 aliphatic rings. The lowest BCUT2D eigenvalue weighted by molar-refractivity contribution is -0.119. The zero-order valence-electron chi connectivity index (χ0n) is 12.4. The van der Waals surface area contributed by atoms with Gasteiger partial charge in [0.05, 0.1) is 21.3 Å². The van der Waals surface area contributed by atoms with E-state index in [0.29, 0.717) is 12.2 Å². The Morgan fingerprint density at radius 3 is 3.04 bits per heavy atom. The van der Waals surface area contributed by atoms with E-state index in [2.05, 4.69) is 32.0 Å². The third-order valence-corrected chi connectivity index (χ3v) is 5.14. The quantitative estimate of drug-likeness (QED) is 0.669. The number of imidazole rings is 1. The molecular weight excluding hydrogens is 376 g/mol. The van der Waals surface area contributed by atoms with E-state index >= 15 is 0 Å². The molecule has 0 amide bonds. The lowest BCUT2D eigenvalue weighted by Crippen LogP contribution is -2.15. The number of fused-ring (bicyclic) bond motifs is 1. The molecule has 0 bridgehead atoms. The second kappa shape index (κ2) is 6.60. The maximum Gasteiger partial charge on any atom is 0.162 e. The molecule has 7 heteroatoms. The van der Waals surface area contributed by atoms with Crippen LogP contribution >= 0.6 is 27.3 Å². The van der Waals surface area contributed by atoms with Gasteiger partial charge in [-0.05, 0) is 18.2 Å². The molecule has 1 unspecified atom stereocenters. The molecule has 116 valence electrons. The van der Waals surface area contributed by atoms with Crippen LogP contribution in [-0.2, 0) is 18.3 Å². The van der Waals surface area contributed by atoms with Crippen LogP contribution < -0.4 is 0 Å². The fraction of sp³-hybridized carbons (Fsp3) is 0.250. The third-order valence-electron chi connectivity index (χ3n) is 3.55. The van der Waals surface area contributed by atoms with E-state index < -0.39 is 5.92 Å². The molecule has 0 spiro atoms. The van der Waals surface area contributed by atoms with E-state index in [9.17, 15) is 10.1 Å². The first-order valence-electron chi connectivity index (χ1n) is 7.03. The first kappa shape index (κ1) is 15.8. The van der Waals surface area contributed by atoms with Gasteiger partial charge in [-0.15, -0.1) is 11.3 Å². The topological polar surface area (TPSA) is 71.6 Å². The van der Waals surface area contributed by atoms with Gasteiger partial charge < -0.3 is 4.57 Å². The van der Waals surface area contributed by atoms with Crippen molar-refractivity contribution in [2.24, 2.45) is 7.05 Å². The largest absolute Gasteiger partial charge is 0.337 e. The average Bonchev–Trinajstić information content (AvgIpc) is 3.12. The van der Waals surface area contributed by atoms with Crippen molar-refractivity contribution in [3.8, 4) is 6.07 Å². The number of carbonyl (C=O) groups is 1. The minimum Gasteiger partial charge on any atom is -0.337 e. The molecule has 23 heavy (non-hydrogen) atoms. The second-order valence-electron chi connectivity index (χ2n) is 5.14.